The molecular formula is C16H29N. The molecule has 1 atom stereocenters. The Balaban J connectivity index is 2.76. The number of allylic oxidation sites excluding steroid dienone is 4. The van der Waals surface area contributed by atoms with Crippen molar-refractivity contribution in [1.82, 2.24) is 0 Å². The largest absolute Gasteiger partial charge is 0.330 e. The van der Waals surface area contributed by atoms with Crippen molar-refractivity contribution >= 4 is 0 Å². The van der Waals surface area contributed by atoms with E-state index in [2.05, 4.69) is 38.2 Å². The van der Waals surface area contributed by atoms with Crippen molar-refractivity contribution in [3.63, 3.8) is 0 Å². The highest BCUT2D eigenvalue weighted by atomic mass is 14.5. The smallest absolute Gasteiger partial charge is 0.00518 e. The second-order valence-corrected chi connectivity index (χ2v) is 5.37. The molecule has 0 saturated carbocycles. The molecule has 0 heterocycles. The van der Waals surface area contributed by atoms with Gasteiger partial charge in [-0.2, -0.15) is 0 Å². The van der Waals surface area contributed by atoms with Gasteiger partial charge < -0.3 is 5.73 Å². The lowest BCUT2D eigenvalue weighted by Crippen LogP contribution is -2.30. The Labute approximate surface area is 107 Å². The van der Waals surface area contributed by atoms with Gasteiger partial charge in [0, 0.05) is 0 Å². The van der Waals surface area contributed by atoms with Gasteiger partial charge in [-0.1, -0.05) is 63.8 Å². The SMILES string of the molecule is CCCCC1(CCCC)C=CC=CC1CCN. The molecule has 0 aromatic heterocycles. The summed E-state index contributed by atoms with van der Waals surface area (Å²) in [5.74, 6) is 0.663. The molecule has 1 nitrogen and oxygen atoms in total. The van der Waals surface area contributed by atoms with Crippen LogP contribution in [0.25, 0.3) is 0 Å². The summed E-state index contributed by atoms with van der Waals surface area (Å²) >= 11 is 0. The molecule has 1 aliphatic carbocycles. The number of unbranched alkanes of at least 4 members (excludes halogenated alkanes) is 2. The first-order chi connectivity index (χ1) is 8.29. The molecule has 17 heavy (non-hydrogen) atoms. The number of hydrogen-bond acceptors (Lipinski definition) is 1. The van der Waals surface area contributed by atoms with E-state index in [9.17, 15) is 0 Å². The second-order valence-electron chi connectivity index (χ2n) is 5.37. The summed E-state index contributed by atoms with van der Waals surface area (Å²) in [4.78, 5) is 0. The van der Waals surface area contributed by atoms with Gasteiger partial charge in [0.25, 0.3) is 0 Å². The highest BCUT2D eigenvalue weighted by Gasteiger charge is 2.34. The Morgan fingerprint density at radius 2 is 1.71 bits per heavy atom. The molecule has 0 fully saturated rings. The molecular weight excluding hydrogens is 206 g/mol. The summed E-state index contributed by atoms with van der Waals surface area (Å²) < 4.78 is 0. The van der Waals surface area contributed by atoms with Crippen molar-refractivity contribution in [3.05, 3.63) is 24.3 Å². The van der Waals surface area contributed by atoms with Gasteiger partial charge >= 0.3 is 0 Å². The quantitative estimate of drug-likeness (QED) is 0.661. The van der Waals surface area contributed by atoms with Crippen LogP contribution in [0.1, 0.15) is 58.8 Å². The van der Waals surface area contributed by atoms with Gasteiger partial charge in [0.15, 0.2) is 0 Å². The third-order valence-corrected chi connectivity index (χ3v) is 4.09. The van der Waals surface area contributed by atoms with Crippen LogP contribution in [0, 0.1) is 11.3 Å². The first-order valence-electron chi connectivity index (χ1n) is 7.35. The standard InChI is InChI=1S/C16H29N/c1-3-5-11-16(12-6-4-2)13-8-7-9-15(16)10-14-17/h7-9,13,15H,3-6,10-12,14,17H2,1-2H3. The van der Waals surface area contributed by atoms with Crippen LogP contribution in [0.4, 0.5) is 0 Å². The molecule has 1 rings (SSSR count). The first-order valence-corrected chi connectivity index (χ1v) is 7.35. The number of nitrogens with two attached hydrogens (primary N) is 1. The van der Waals surface area contributed by atoms with Gasteiger partial charge in [-0.3, -0.25) is 0 Å². The lowest BCUT2D eigenvalue weighted by molar-refractivity contribution is 0.210. The number of rotatable bonds is 8. The topological polar surface area (TPSA) is 26.0 Å². The van der Waals surface area contributed by atoms with Crippen molar-refractivity contribution in [1.29, 1.82) is 0 Å². The summed E-state index contributed by atoms with van der Waals surface area (Å²) in [6.07, 6.45) is 18.4. The molecule has 0 aromatic rings. The van der Waals surface area contributed by atoms with Crippen molar-refractivity contribution < 1.29 is 0 Å². The van der Waals surface area contributed by atoms with E-state index in [0.717, 1.165) is 13.0 Å². The summed E-state index contributed by atoms with van der Waals surface area (Å²) in [6, 6.07) is 0. The lowest BCUT2D eigenvalue weighted by Gasteiger charge is -2.39. The molecule has 0 aliphatic heterocycles. The van der Waals surface area contributed by atoms with E-state index < -0.39 is 0 Å². The zero-order valence-corrected chi connectivity index (χ0v) is 11.6. The fraction of sp³-hybridized carbons (Fsp3) is 0.750. The van der Waals surface area contributed by atoms with Crippen molar-refractivity contribution in [3.8, 4) is 0 Å². The molecule has 1 aliphatic rings. The maximum atomic E-state index is 5.78. The normalized spacial score (nSPS) is 21.9. The van der Waals surface area contributed by atoms with E-state index in [1.807, 2.05) is 0 Å². The molecule has 98 valence electrons. The minimum absolute atomic E-state index is 0.403. The van der Waals surface area contributed by atoms with Crippen LogP contribution in [0.15, 0.2) is 24.3 Å². The van der Waals surface area contributed by atoms with Gasteiger partial charge in [-0.25, -0.2) is 0 Å². The molecule has 0 bridgehead atoms. The summed E-state index contributed by atoms with van der Waals surface area (Å²) in [5, 5.41) is 0. The fourth-order valence-corrected chi connectivity index (χ4v) is 3.00. The predicted molar refractivity (Wildman–Crippen MR) is 76.9 cm³/mol. The van der Waals surface area contributed by atoms with Gasteiger partial charge in [-0.05, 0) is 37.1 Å². The van der Waals surface area contributed by atoms with Crippen molar-refractivity contribution in [2.45, 2.75) is 58.8 Å². The van der Waals surface area contributed by atoms with Gasteiger partial charge in [0.1, 0.15) is 0 Å². The molecule has 0 amide bonds. The Kier molecular flexibility index (Phi) is 6.57. The van der Waals surface area contributed by atoms with E-state index in [0.29, 0.717) is 11.3 Å². The first kappa shape index (κ1) is 14.5. The maximum absolute atomic E-state index is 5.78. The number of hydrogen-bond donors (Lipinski definition) is 1. The van der Waals surface area contributed by atoms with Crippen LogP contribution in [0.2, 0.25) is 0 Å². The summed E-state index contributed by atoms with van der Waals surface area (Å²) in [7, 11) is 0. The Morgan fingerprint density at radius 3 is 2.24 bits per heavy atom. The minimum atomic E-state index is 0.403. The Bertz CT molecular complexity index is 244. The van der Waals surface area contributed by atoms with E-state index in [1.54, 1.807) is 0 Å². The molecule has 0 saturated heterocycles. The van der Waals surface area contributed by atoms with Crippen LogP contribution in [0.5, 0.6) is 0 Å². The van der Waals surface area contributed by atoms with E-state index >= 15 is 0 Å². The Hall–Kier alpha value is -0.560. The van der Waals surface area contributed by atoms with E-state index in [-0.39, 0.29) is 0 Å². The van der Waals surface area contributed by atoms with E-state index in [4.69, 9.17) is 5.73 Å². The highest BCUT2D eigenvalue weighted by Crippen LogP contribution is 2.44. The Morgan fingerprint density at radius 1 is 1.06 bits per heavy atom. The van der Waals surface area contributed by atoms with E-state index in [1.165, 1.54) is 38.5 Å². The zero-order valence-electron chi connectivity index (χ0n) is 11.6. The predicted octanol–water partition coefficient (Wildman–Crippen LogP) is 4.44. The fourth-order valence-electron chi connectivity index (χ4n) is 3.00. The average molecular weight is 235 g/mol. The lowest BCUT2D eigenvalue weighted by atomic mass is 9.65. The summed E-state index contributed by atoms with van der Waals surface area (Å²) in [6.45, 7) is 5.38. The molecule has 0 radical (unpaired) electrons. The maximum Gasteiger partial charge on any atom is -0.00518 e. The van der Waals surface area contributed by atoms with Gasteiger partial charge in [0.05, 0.1) is 0 Å². The van der Waals surface area contributed by atoms with Crippen LogP contribution in [0.3, 0.4) is 0 Å². The van der Waals surface area contributed by atoms with Crippen molar-refractivity contribution in [2.24, 2.45) is 17.1 Å². The third-order valence-electron chi connectivity index (χ3n) is 4.09. The van der Waals surface area contributed by atoms with Crippen LogP contribution in [-0.2, 0) is 0 Å². The second kappa shape index (κ2) is 7.71. The minimum Gasteiger partial charge on any atom is -0.330 e. The van der Waals surface area contributed by atoms with Crippen LogP contribution >= 0.6 is 0 Å². The zero-order chi connectivity index (χ0) is 12.6. The molecule has 0 spiro atoms. The average Bonchev–Trinajstić information content (AvgIpc) is 2.36. The van der Waals surface area contributed by atoms with Crippen LogP contribution in [-0.4, -0.2) is 6.54 Å². The highest BCUT2D eigenvalue weighted by molar-refractivity contribution is 5.20. The molecule has 2 N–H and O–H groups in total. The molecule has 0 aromatic carbocycles. The van der Waals surface area contributed by atoms with Crippen molar-refractivity contribution in [2.75, 3.05) is 6.54 Å². The molecule has 1 heteroatoms. The molecule has 1 unspecified atom stereocenters. The third kappa shape index (κ3) is 3.99. The van der Waals surface area contributed by atoms with Crippen LogP contribution < -0.4 is 5.73 Å². The van der Waals surface area contributed by atoms with Gasteiger partial charge in [0.2, 0.25) is 0 Å². The van der Waals surface area contributed by atoms with Gasteiger partial charge in [-0.15, -0.1) is 0 Å². The summed E-state index contributed by atoms with van der Waals surface area (Å²) in [5.41, 5.74) is 6.18. The monoisotopic (exact) mass is 235 g/mol.